The number of anilines is 1. The maximum atomic E-state index is 13.0. The number of benzene rings is 2. The minimum absolute atomic E-state index is 0.110. The van der Waals surface area contributed by atoms with Gasteiger partial charge in [0.15, 0.2) is 0 Å². The maximum Gasteiger partial charge on any atom is 0.255 e. The number of hydrogen-bond donors (Lipinski definition) is 1. The number of rotatable bonds is 7. The fourth-order valence-electron chi connectivity index (χ4n) is 3.20. The van der Waals surface area contributed by atoms with E-state index in [2.05, 4.69) is 19.2 Å². The second-order valence-electron chi connectivity index (χ2n) is 7.34. The molecule has 0 aromatic heterocycles. The van der Waals surface area contributed by atoms with Crippen LogP contribution in [0.25, 0.3) is 0 Å². The van der Waals surface area contributed by atoms with Crippen molar-refractivity contribution in [3.63, 3.8) is 0 Å². The summed E-state index contributed by atoms with van der Waals surface area (Å²) >= 11 is 0. The van der Waals surface area contributed by atoms with Crippen molar-refractivity contribution in [3.8, 4) is 5.75 Å². The number of nitrogens with one attached hydrogen (secondary N) is 1. The highest BCUT2D eigenvalue weighted by molar-refractivity contribution is 7.89. The van der Waals surface area contributed by atoms with Crippen LogP contribution in [0.1, 0.15) is 42.6 Å². The third-order valence-corrected chi connectivity index (χ3v) is 6.84. The highest BCUT2D eigenvalue weighted by atomic mass is 32.2. The lowest BCUT2D eigenvalue weighted by molar-refractivity contribution is 0.0730. The zero-order valence-corrected chi connectivity index (χ0v) is 18.4. The van der Waals surface area contributed by atoms with Crippen LogP contribution >= 0.6 is 0 Å². The second-order valence-corrected chi connectivity index (χ2v) is 9.28. The number of carbonyl (C=O) groups excluding carboxylic acids is 1. The zero-order valence-electron chi connectivity index (χ0n) is 17.6. The minimum atomic E-state index is -3.69. The van der Waals surface area contributed by atoms with Gasteiger partial charge in [0.2, 0.25) is 10.0 Å². The van der Waals surface area contributed by atoms with Crippen LogP contribution < -0.4 is 10.1 Å². The molecule has 1 amide bonds. The lowest BCUT2D eigenvalue weighted by Gasteiger charge is -2.26. The normalized spacial score (nSPS) is 15.2. The van der Waals surface area contributed by atoms with Gasteiger partial charge in [-0.3, -0.25) is 4.79 Å². The number of hydrogen-bond acceptors (Lipinski definition) is 5. The summed E-state index contributed by atoms with van der Waals surface area (Å²) in [5.41, 5.74) is 1.95. The van der Waals surface area contributed by atoms with Crippen molar-refractivity contribution in [2.45, 2.75) is 31.6 Å². The number of nitrogens with zero attached hydrogens (tertiary/aromatic N) is 1. The van der Waals surface area contributed by atoms with Gasteiger partial charge in [0, 0.05) is 18.7 Å². The van der Waals surface area contributed by atoms with Gasteiger partial charge in [-0.1, -0.05) is 26.0 Å². The van der Waals surface area contributed by atoms with E-state index in [0.717, 1.165) is 5.56 Å². The third-order valence-electron chi connectivity index (χ3n) is 4.95. The molecule has 0 spiro atoms. The van der Waals surface area contributed by atoms with Gasteiger partial charge < -0.3 is 14.8 Å². The predicted octanol–water partition coefficient (Wildman–Crippen LogP) is 3.48. The molecule has 0 radical (unpaired) electrons. The molecule has 0 bridgehead atoms. The smallest absolute Gasteiger partial charge is 0.255 e. The summed E-state index contributed by atoms with van der Waals surface area (Å²) < 4.78 is 38.2. The first-order valence-electron chi connectivity index (χ1n) is 10.1. The lowest BCUT2D eigenvalue weighted by atomic mass is 10.0. The molecule has 8 heteroatoms. The Morgan fingerprint density at radius 1 is 1.13 bits per heavy atom. The topological polar surface area (TPSA) is 84.9 Å². The van der Waals surface area contributed by atoms with E-state index in [0.29, 0.717) is 55.8 Å². The van der Waals surface area contributed by atoms with Crippen LogP contribution in [-0.4, -0.2) is 51.5 Å². The molecule has 2 aromatic rings. The molecule has 0 unspecified atom stereocenters. The van der Waals surface area contributed by atoms with E-state index >= 15 is 0 Å². The van der Waals surface area contributed by atoms with E-state index in [1.807, 2.05) is 19.1 Å². The van der Waals surface area contributed by atoms with E-state index in [9.17, 15) is 13.2 Å². The van der Waals surface area contributed by atoms with Crippen molar-refractivity contribution in [2.75, 3.05) is 38.2 Å². The Morgan fingerprint density at radius 2 is 1.80 bits per heavy atom. The third kappa shape index (κ3) is 5.00. The average Bonchev–Trinajstić information content (AvgIpc) is 2.75. The highest BCUT2D eigenvalue weighted by Crippen LogP contribution is 2.30. The summed E-state index contributed by atoms with van der Waals surface area (Å²) in [6.07, 6.45) is 0. The Kier molecular flexibility index (Phi) is 7.12. The van der Waals surface area contributed by atoms with Crippen LogP contribution in [0.5, 0.6) is 5.75 Å². The Balaban J connectivity index is 1.88. The minimum Gasteiger partial charge on any atom is -0.492 e. The molecule has 0 atom stereocenters. The molecular weight excluding hydrogens is 404 g/mol. The van der Waals surface area contributed by atoms with Crippen LogP contribution in [0, 0.1) is 0 Å². The van der Waals surface area contributed by atoms with Crippen molar-refractivity contribution in [1.82, 2.24) is 4.31 Å². The van der Waals surface area contributed by atoms with Crippen LogP contribution in [-0.2, 0) is 14.8 Å². The molecule has 1 aliphatic rings. The van der Waals surface area contributed by atoms with Crippen molar-refractivity contribution in [1.29, 1.82) is 0 Å². The number of ether oxygens (including phenoxy) is 2. The Hall–Kier alpha value is -2.42. The molecule has 1 saturated heterocycles. The first kappa shape index (κ1) is 22.3. The van der Waals surface area contributed by atoms with E-state index in [1.54, 1.807) is 18.2 Å². The molecule has 0 saturated carbocycles. The standard InChI is InChI=1S/C22H28N2O5S/c1-4-29-21-10-9-19(30(26,27)24-11-13-28-14-12-24)15-20(21)23-22(25)18-7-5-17(6-8-18)16(2)3/h5-10,15-16H,4,11-14H2,1-3H3,(H,23,25). The number of sulfonamides is 1. The summed E-state index contributed by atoms with van der Waals surface area (Å²) in [5, 5.41) is 2.80. The Bertz CT molecular complexity index is 981. The molecular formula is C22H28N2O5S. The van der Waals surface area contributed by atoms with Crippen molar-refractivity contribution < 1.29 is 22.7 Å². The van der Waals surface area contributed by atoms with E-state index < -0.39 is 10.0 Å². The molecule has 162 valence electrons. The largest absolute Gasteiger partial charge is 0.492 e. The van der Waals surface area contributed by atoms with Crippen LogP contribution in [0.3, 0.4) is 0 Å². The van der Waals surface area contributed by atoms with Crippen LogP contribution in [0.2, 0.25) is 0 Å². The molecule has 0 aliphatic carbocycles. The molecule has 1 N–H and O–H groups in total. The first-order chi connectivity index (χ1) is 14.3. The summed E-state index contributed by atoms with van der Waals surface area (Å²) in [7, 11) is -3.69. The number of morpholine rings is 1. The lowest BCUT2D eigenvalue weighted by Crippen LogP contribution is -2.40. The van der Waals surface area contributed by atoms with Gasteiger partial charge in [-0.2, -0.15) is 4.31 Å². The molecule has 3 rings (SSSR count). The van der Waals surface area contributed by atoms with Crippen LogP contribution in [0.15, 0.2) is 47.4 Å². The number of carbonyl (C=O) groups is 1. The van der Waals surface area contributed by atoms with Gasteiger partial charge in [-0.15, -0.1) is 0 Å². The average molecular weight is 433 g/mol. The van der Waals surface area contributed by atoms with Gasteiger partial charge in [-0.05, 0) is 48.7 Å². The SMILES string of the molecule is CCOc1ccc(S(=O)(=O)N2CCOCC2)cc1NC(=O)c1ccc(C(C)C)cc1. The van der Waals surface area contributed by atoms with Crippen molar-refractivity contribution in [2.24, 2.45) is 0 Å². The van der Waals surface area contributed by atoms with E-state index in [-0.39, 0.29) is 10.8 Å². The van der Waals surface area contributed by atoms with Gasteiger partial charge in [0.1, 0.15) is 5.75 Å². The second kappa shape index (κ2) is 9.59. The van der Waals surface area contributed by atoms with E-state index in [4.69, 9.17) is 9.47 Å². The summed E-state index contributed by atoms with van der Waals surface area (Å²) in [5.74, 6) is 0.464. The molecule has 2 aromatic carbocycles. The van der Waals surface area contributed by atoms with Crippen molar-refractivity contribution in [3.05, 3.63) is 53.6 Å². The molecule has 7 nitrogen and oxygen atoms in total. The van der Waals surface area contributed by atoms with Crippen LogP contribution in [0.4, 0.5) is 5.69 Å². The van der Waals surface area contributed by atoms with Gasteiger partial charge in [0.25, 0.3) is 5.91 Å². The fraction of sp³-hybridized carbons (Fsp3) is 0.409. The van der Waals surface area contributed by atoms with Gasteiger partial charge in [-0.25, -0.2) is 8.42 Å². The molecule has 30 heavy (non-hydrogen) atoms. The predicted molar refractivity (Wildman–Crippen MR) is 116 cm³/mol. The highest BCUT2D eigenvalue weighted by Gasteiger charge is 2.27. The zero-order chi connectivity index (χ0) is 21.7. The summed E-state index contributed by atoms with van der Waals surface area (Å²) in [6.45, 7) is 7.74. The first-order valence-corrected chi connectivity index (χ1v) is 11.5. The molecule has 1 fully saturated rings. The van der Waals surface area contributed by atoms with Crippen molar-refractivity contribution >= 4 is 21.6 Å². The maximum absolute atomic E-state index is 13.0. The summed E-state index contributed by atoms with van der Waals surface area (Å²) in [4.78, 5) is 12.9. The quantitative estimate of drug-likeness (QED) is 0.724. The van der Waals surface area contributed by atoms with E-state index in [1.165, 1.54) is 16.4 Å². The number of amides is 1. The molecule has 1 aliphatic heterocycles. The van der Waals surface area contributed by atoms with Gasteiger partial charge >= 0.3 is 0 Å². The Morgan fingerprint density at radius 3 is 2.40 bits per heavy atom. The fourth-order valence-corrected chi connectivity index (χ4v) is 4.63. The summed E-state index contributed by atoms with van der Waals surface area (Å²) in [6, 6.07) is 11.9. The Labute approximate surface area is 178 Å². The molecule has 1 heterocycles. The van der Waals surface area contributed by atoms with Gasteiger partial charge in [0.05, 0.1) is 30.4 Å². The monoisotopic (exact) mass is 432 g/mol.